The van der Waals surface area contributed by atoms with Gasteiger partial charge in [-0.2, -0.15) is 0 Å². The molecule has 2 aliphatic heterocycles. The van der Waals surface area contributed by atoms with E-state index in [0.29, 0.717) is 39.8 Å². The first-order valence-corrected chi connectivity index (χ1v) is 10.2. The molecule has 144 valence electrons. The van der Waals surface area contributed by atoms with Crippen molar-refractivity contribution in [3.63, 3.8) is 0 Å². The maximum absolute atomic E-state index is 12.4. The zero-order valence-corrected chi connectivity index (χ0v) is 17.1. The van der Waals surface area contributed by atoms with E-state index < -0.39 is 0 Å². The predicted molar refractivity (Wildman–Crippen MR) is 114 cm³/mol. The Kier molecular flexibility index (Phi) is 5.33. The molecule has 1 N–H and O–H groups in total. The highest BCUT2D eigenvalue weighted by Crippen LogP contribution is 2.39. The molecular weight excluding hydrogens is 396 g/mol. The largest absolute Gasteiger partial charge is 0.489 e. The Morgan fingerprint density at radius 2 is 1.93 bits per heavy atom. The highest BCUT2D eigenvalue weighted by Gasteiger charge is 2.25. The van der Waals surface area contributed by atoms with E-state index in [1.807, 2.05) is 38.1 Å². The average Bonchev–Trinajstić information content (AvgIpc) is 2.84. The van der Waals surface area contributed by atoms with Crippen molar-refractivity contribution in [3.05, 3.63) is 56.9 Å². The summed E-state index contributed by atoms with van der Waals surface area (Å²) in [6, 6.07) is 9.62. The Labute approximate surface area is 172 Å². The Balaban J connectivity index is 1.63. The molecule has 2 aromatic carbocycles. The van der Waals surface area contributed by atoms with E-state index in [2.05, 4.69) is 10.3 Å². The van der Waals surface area contributed by atoms with E-state index in [1.54, 1.807) is 12.1 Å². The molecule has 0 saturated carbocycles. The van der Waals surface area contributed by atoms with Crippen molar-refractivity contribution in [2.75, 3.05) is 13.2 Å². The van der Waals surface area contributed by atoms with Crippen LogP contribution in [0.3, 0.4) is 0 Å². The van der Waals surface area contributed by atoms with E-state index in [-0.39, 0.29) is 5.91 Å². The summed E-state index contributed by atoms with van der Waals surface area (Å²) in [5.41, 5.74) is 3.79. The van der Waals surface area contributed by atoms with Crippen molar-refractivity contribution < 1.29 is 14.3 Å². The maximum Gasteiger partial charge on any atom is 0.264 e. The van der Waals surface area contributed by atoms with E-state index in [4.69, 9.17) is 21.1 Å². The number of nitrogens with zero attached hydrogens (tertiary/aromatic N) is 1. The lowest BCUT2D eigenvalue weighted by atomic mass is 10.1. The molecule has 0 spiro atoms. The van der Waals surface area contributed by atoms with Crippen LogP contribution in [0.15, 0.2) is 40.2 Å². The van der Waals surface area contributed by atoms with Crippen molar-refractivity contribution >= 4 is 46.2 Å². The van der Waals surface area contributed by atoms with Crippen LogP contribution in [-0.2, 0) is 4.79 Å². The first-order valence-electron chi connectivity index (χ1n) is 8.96. The monoisotopic (exact) mass is 414 g/mol. The smallest absolute Gasteiger partial charge is 0.264 e. The molecule has 0 atom stereocenters. The topological polar surface area (TPSA) is 59.9 Å². The summed E-state index contributed by atoms with van der Waals surface area (Å²) in [6.45, 7) is 5.16. The molecule has 1 saturated heterocycles. The Bertz CT molecular complexity index is 997. The zero-order chi connectivity index (χ0) is 19.7. The first kappa shape index (κ1) is 18.9. The van der Waals surface area contributed by atoms with E-state index in [1.165, 1.54) is 11.8 Å². The van der Waals surface area contributed by atoms with Crippen LogP contribution in [0.5, 0.6) is 11.5 Å². The number of ether oxygens (including phenoxy) is 2. The highest BCUT2D eigenvalue weighted by molar-refractivity contribution is 8.18. The van der Waals surface area contributed by atoms with Crippen LogP contribution in [0.1, 0.15) is 23.1 Å². The van der Waals surface area contributed by atoms with Gasteiger partial charge in [0.25, 0.3) is 5.91 Å². The first-order chi connectivity index (χ1) is 13.5. The number of nitrogens with one attached hydrogen (secondary N) is 1. The number of thioether (sulfide) groups is 1. The number of amidine groups is 1. The zero-order valence-electron chi connectivity index (χ0n) is 15.5. The Morgan fingerprint density at radius 3 is 2.71 bits per heavy atom. The van der Waals surface area contributed by atoms with Gasteiger partial charge in [0.1, 0.15) is 0 Å². The SMILES string of the molecule is Cc1cccc(C)c1N=C1NC(=O)/C(=C\c2cc(Cl)c3c(c2)OCCCO3)S1. The lowest BCUT2D eigenvalue weighted by molar-refractivity contribution is -0.115. The molecule has 5 nitrogen and oxygen atoms in total. The predicted octanol–water partition coefficient (Wildman–Crippen LogP) is 5.01. The number of carbonyl (C=O) groups is 1. The number of rotatable bonds is 2. The van der Waals surface area contributed by atoms with Crippen molar-refractivity contribution in [3.8, 4) is 11.5 Å². The molecular formula is C21H19ClN2O3S. The minimum Gasteiger partial charge on any atom is -0.489 e. The van der Waals surface area contributed by atoms with Crippen LogP contribution in [0.4, 0.5) is 5.69 Å². The third-order valence-electron chi connectivity index (χ3n) is 4.43. The fourth-order valence-electron chi connectivity index (χ4n) is 3.05. The van der Waals surface area contributed by atoms with Gasteiger partial charge >= 0.3 is 0 Å². The number of benzene rings is 2. The van der Waals surface area contributed by atoms with Gasteiger partial charge in [-0.25, -0.2) is 4.99 Å². The lowest BCUT2D eigenvalue weighted by Gasteiger charge is -2.10. The summed E-state index contributed by atoms with van der Waals surface area (Å²) in [5.74, 6) is 0.977. The number of halogens is 1. The molecule has 0 unspecified atom stereocenters. The van der Waals surface area contributed by atoms with Gasteiger partial charge < -0.3 is 14.8 Å². The molecule has 7 heteroatoms. The fourth-order valence-corrected chi connectivity index (χ4v) is 4.15. The maximum atomic E-state index is 12.4. The summed E-state index contributed by atoms with van der Waals surface area (Å²) in [5, 5.41) is 3.87. The molecule has 2 aliphatic rings. The minimum atomic E-state index is -0.182. The van der Waals surface area contributed by atoms with Crippen molar-refractivity contribution in [1.29, 1.82) is 0 Å². The molecule has 1 amide bonds. The van der Waals surface area contributed by atoms with Crippen molar-refractivity contribution in [2.24, 2.45) is 4.99 Å². The Morgan fingerprint density at radius 1 is 1.18 bits per heavy atom. The van der Waals surface area contributed by atoms with Crippen LogP contribution in [0.25, 0.3) is 6.08 Å². The van der Waals surface area contributed by atoms with Gasteiger partial charge in [-0.05, 0) is 60.5 Å². The summed E-state index contributed by atoms with van der Waals surface area (Å²) in [4.78, 5) is 17.6. The van der Waals surface area contributed by atoms with Gasteiger partial charge in [-0.15, -0.1) is 0 Å². The second-order valence-corrected chi connectivity index (χ2v) is 8.04. The van der Waals surface area contributed by atoms with Gasteiger partial charge in [-0.3, -0.25) is 4.79 Å². The molecule has 0 bridgehead atoms. The fraction of sp³-hybridized carbons (Fsp3) is 0.238. The van der Waals surface area contributed by atoms with Crippen LogP contribution < -0.4 is 14.8 Å². The normalized spacial score (nSPS) is 19.0. The van der Waals surface area contributed by atoms with Crippen LogP contribution in [0.2, 0.25) is 5.02 Å². The van der Waals surface area contributed by atoms with Crippen molar-refractivity contribution in [1.82, 2.24) is 5.32 Å². The number of aliphatic imine (C=N–C) groups is 1. The third-order valence-corrected chi connectivity index (χ3v) is 5.62. The summed E-state index contributed by atoms with van der Waals surface area (Å²) in [6.07, 6.45) is 2.59. The van der Waals surface area contributed by atoms with E-state index in [9.17, 15) is 4.79 Å². The van der Waals surface area contributed by atoms with Gasteiger partial charge in [0.15, 0.2) is 16.7 Å². The molecule has 2 aromatic rings. The van der Waals surface area contributed by atoms with Gasteiger partial charge in [0.05, 0.1) is 28.8 Å². The second-order valence-electron chi connectivity index (χ2n) is 6.60. The summed E-state index contributed by atoms with van der Waals surface area (Å²) < 4.78 is 11.4. The van der Waals surface area contributed by atoms with Gasteiger partial charge in [0.2, 0.25) is 0 Å². The van der Waals surface area contributed by atoms with Crippen LogP contribution in [0, 0.1) is 13.8 Å². The van der Waals surface area contributed by atoms with Crippen LogP contribution in [-0.4, -0.2) is 24.3 Å². The quantitative estimate of drug-likeness (QED) is 0.702. The molecule has 2 heterocycles. The van der Waals surface area contributed by atoms with Gasteiger partial charge in [-0.1, -0.05) is 29.8 Å². The molecule has 28 heavy (non-hydrogen) atoms. The molecule has 4 rings (SSSR count). The number of hydrogen-bond acceptors (Lipinski definition) is 5. The lowest BCUT2D eigenvalue weighted by Crippen LogP contribution is -2.19. The Hall–Kier alpha value is -2.44. The summed E-state index contributed by atoms with van der Waals surface area (Å²) >= 11 is 7.66. The number of para-hydroxylation sites is 1. The average molecular weight is 415 g/mol. The van der Waals surface area contributed by atoms with Crippen molar-refractivity contribution in [2.45, 2.75) is 20.3 Å². The number of hydrogen-bond donors (Lipinski definition) is 1. The van der Waals surface area contributed by atoms with Crippen LogP contribution >= 0.6 is 23.4 Å². The highest BCUT2D eigenvalue weighted by atomic mass is 35.5. The number of carbonyl (C=O) groups excluding carboxylic acids is 1. The standard InChI is InChI=1S/C21H19ClN2O3S/c1-12-5-3-6-13(2)18(12)23-21-24-20(25)17(28-21)11-14-9-15(22)19-16(10-14)26-7-4-8-27-19/h3,5-6,9-11H,4,7-8H2,1-2H3,(H,23,24,25)/b17-11+. The van der Waals surface area contributed by atoms with E-state index in [0.717, 1.165) is 28.8 Å². The summed E-state index contributed by atoms with van der Waals surface area (Å²) in [7, 11) is 0. The molecule has 0 radical (unpaired) electrons. The molecule has 0 aliphatic carbocycles. The van der Waals surface area contributed by atoms with Gasteiger partial charge in [0, 0.05) is 6.42 Å². The number of fused-ring (bicyclic) bond motifs is 1. The molecule has 1 fully saturated rings. The molecule has 0 aromatic heterocycles. The number of amides is 1. The minimum absolute atomic E-state index is 0.182. The third kappa shape index (κ3) is 3.88. The van der Waals surface area contributed by atoms with E-state index >= 15 is 0 Å². The second kappa shape index (κ2) is 7.89. The number of aryl methyl sites for hydroxylation is 2.